The standard InChI is InChI=1S/C13H26O/c1-7-14-9-12(5)13(6)11(4)8-10(2)3/h8,11-13H,7,9H2,1-6H3/t11-,12-,13+/m1/s1. The molecular formula is C13H26O. The zero-order valence-electron chi connectivity index (χ0n) is 10.6. The molecule has 0 aromatic rings. The molecule has 0 spiro atoms. The number of allylic oxidation sites excluding steroid dienone is 2. The van der Waals surface area contributed by atoms with Crippen molar-refractivity contribution in [2.24, 2.45) is 17.8 Å². The van der Waals surface area contributed by atoms with Crippen molar-refractivity contribution in [2.75, 3.05) is 13.2 Å². The first-order valence-corrected chi connectivity index (χ1v) is 5.71. The molecule has 0 radical (unpaired) electrons. The van der Waals surface area contributed by atoms with Crippen molar-refractivity contribution >= 4 is 0 Å². The van der Waals surface area contributed by atoms with Crippen molar-refractivity contribution in [1.29, 1.82) is 0 Å². The molecule has 0 aliphatic heterocycles. The second kappa shape index (κ2) is 7.05. The topological polar surface area (TPSA) is 9.23 Å². The normalized spacial score (nSPS) is 17.3. The van der Waals surface area contributed by atoms with Crippen molar-refractivity contribution in [3.8, 4) is 0 Å². The summed E-state index contributed by atoms with van der Waals surface area (Å²) in [6.07, 6.45) is 2.35. The van der Waals surface area contributed by atoms with Crippen LogP contribution in [0.4, 0.5) is 0 Å². The average Bonchev–Trinajstić information content (AvgIpc) is 2.11. The van der Waals surface area contributed by atoms with Crippen LogP contribution in [0.25, 0.3) is 0 Å². The Bertz CT molecular complexity index is 168. The van der Waals surface area contributed by atoms with Crippen molar-refractivity contribution in [3.63, 3.8) is 0 Å². The average molecular weight is 198 g/mol. The Morgan fingerprint density at radius 2 is 1.79 bits per heavy atom. The number of hydrogen-bond acceptors (Lipinski definition) is 1. The van der Waals surface area contributed by atoms with Gasteiger partial charge in [0.25, 0.3) is 0 Å². The van der Waals surface area contributed by atoms with E-state index in [1.165, 1.54) is 5.57 Å². The van der Waals surface area contributed by atoms with Crippen LogP contribution in [0.1, 0.15) is 41.5 Å². The zero-order chi connectivity index (χ0) is 11.1. The summed E-state index contributed by atoms with van der Waals surface area (Å²) in [4.78, 5) is 0. The highest BCUT2D eigenvalue weighted by atomic mass is 16.5. The molecular weight excluding hydrogens is 172 g/mol. The van der Waals surface area contributed by atoms with E-state index in [9.17, 15) is 0 Å². The third kappa shape index (κ3) is 5.43. The number of hydrogen-bond donors (Lipinski definition) is 0. The molecule has 0 aromatic heterocycles. The molecule has 0 heterocycles. The first kappa shape index (κ1) is 13.7. The molecule has 0 unspecified atom stereocenters. The summed E-state index contributed by atoms with van der Waals surface area (Å²) in [5.74, 6) is 1.98. The molecule has 0 bridgehead atoms. The maximum absolute atomic E-state index is 5.45. The van der Waals surface area contributed by atoms with E-state index >= 15 is 0 Å². The summed E-state index contributed by atoms with van der Waals surface area (Å²) in [6.45, 7) is 15.0. The van der Waals surface area contributed by atoms with Crippen LogP contribution in [0.5, 0.6) is 0 Å². The molecule has 0 fully saturated rings. The van der Waals surface area contributed by atoms with E-state index in [2.05, 4.69) is 47.6 Å². The van der Waals surface area contributed by atoms with E-state index in [-0.39, 0.29) is 0 Å². The summed E-state index contributed by atoms with van der Waals surface area (Å²) in [5.41, 5.74) is 1.41. The predicted octanol–water partition coefficient (Wildman–Crippen LogP) is 3.90. The minimum Gasteiger partial charge on any atom is -0.381 e. The Morgan fingerprint density at radius 1 is 1.21 bits per heavy atom. The Kier molecular flexibility index (Phi) is 6.90. The van der Waals surface area contributed by atoms with Gasteiger partial charge in [-0.25, -0.2) is 0 Å². The van der Waals surface area contributed by atoms with Gasteiger partial charge in [0, 0.05) is 13.2 Å². The lowest BCUT2D eigenvalue weighted by molar-refractivity contribution is 0.0890. The van der Waals surface area contributed by atoms with E-state index in [1.54, 1.807) is 0 Å². The zero-order valence-corrected chi connectivity index (χ0v) is 10.6. The molecule has 0 aliphatic carbocycles. The maximum Gasteiger partial charge on any atom is 0.0494 e. The highest BCUT2D eigenvalue weighted by molar-refractivity contribution is 4.97. The van der Waals surface area contributed by atoms with Gasteiger partial charge in [-0.1, -0.05) is 32.4 Å². The molecule has 3 atom stereocenters. The van der Waals surface area contributed by atoms with E-state index < -0.39 is 0 Å². The van der Waals surface area contributed by atoms with Crippen LogP contribution < -0.4 is 0 Å². The summed E-state index contributed by atoms with van der Waals surface area (Å²) in [5, 5.41) is 0. The van der Waals surface area contributed by atoms with Gasteiger partial charge in [0.2, 0.25) is 0 Å². The van der Waals surface area contributed by atoms with Crippen molar-refractivity contribution in [1.82, 2.24) is 0 Å². The molecule has 0 N–H and O–H groups in total. The molecule has 1 heteroatoms. The van der Waals surface area contributed by atoms with Crippen LogP contribution in [0.15, 0.2) is 11.6 Å². The molecule has 0 aliphatic rings. The van der Waals surface area contributed by atoms with Crippen molar-refractivity contribution in [2.45, 2.75) is 41.5 Å². The van der Waals surface area contributed by atoms with Gasteiger partial charge in [-0.05, 0) is 38.5 Å². The number of ether oxygens (including phenoxy) is 1. The summed E-state index contributed by atoms with van der Waals surface area (Å²) >= 11 is 0. The predicted molar refractivity (Wildman–Crippen MR) is 63.4 cm³/mol. The van der Waals surface area contributed by atoms with Gasteiger partial charge >= 0.3 is 0 Å². The monoisotopic (exact) mass is 198 g/mol. The Hall–Kier alpha value is -0.300. The molecule has 0 aromatic carbocycles. The lowest BCUT2D eigenvalue weighted by Crippen LogP contribution is -2.20. The van der Waals surface area contributed by atoms with E-state index in [1.807, 2.05) is 0 Å². The SMILES string of the molecule is CCOC[C@@H](C)[C@@H](C)[C@H](C)C=C(C)C. The van der Waals surface area contributed by atoms with Gasteiger partial charge < -0.3 is 4.74 Å². The largest absolute Gasteiger partial charge is 0.381 e. The summed E-state index contributed by atoms with van der Waals surface area (Å²) < 4.78 is 5.45. The van der Waals surface area contributed by atoms with Crippen LogP contribution in [-0.4, -0.2) is 13.2 Å². The van der Waals surface area contributed by atoms with Crippen LogP contribution in [0.3, 0.4) is 0 Å². The van der Waals surface area contributed by atoms with E-state index in [4.69, 9.17) is 4.74 Å². The Morgan fingerprint density at radius 3 is 2.21 bits per heavy atom. The Labute approximate surface area is 89.5 Å². The lowest BCUT2D eigenvalue weighted by atomic mass is 9.84. The second-order valence-corrected chi connectivity index (χ2v) is 4.60. The smallest absolute Gasteiger partial charge is 0.0494 e. The molecule has 0 rings (SSSR count). The molecule has 0 saturated heterocycles. The minimum atomic E-state index is 0.639. The quantitative estimate of drug-likeness (QED) is 0.588. The third-order valence-corrected chi connectivity index (χ3v) is 2.91. The van der Waals surface area contributed by atoms with Gasteiger partial charge in [-0.2, -0.15) is 0 Å². The maximum atomic E-state index is 5.45. The summed E-state index contributed by atoms with van der Waals surface area (Å²) in [6, 6.07) is 0. The number of rotatable bonds is 6. The van der Waals surface area contributed by atoms with Gasteiger partial charge in [-0.3, -0.25) is 0 Å². The highest BCUT2D eigenvalue weighted by Gasteiger charge is 2.17. The van der Waals surface area contributed by atoms with Gasteiger partial charge in [0.15, 0.2) is 0 Å². The fourth-order valence-corrected chi connectivity index (χ4v) is 1.65. The minimum absolute atomic E-state index is 0.639. The molecule has 1 nitrogen and oxygen atoms in total. The van der Waals surface area contributed by atoms with Crippen LogP contribution in [0.2, 0.25) is 0 Å². The fourth-order valence-electron chi connectivity index (χ4n) is 1.65. The van der Waals surface area contributed by atoms with Crippen molar-refractivity contribution in [3.05, 3.63) is 11.6 Å². The van der Waals surface area contributed by atoms with E-state index in [0.29, 0.717) is 17.8 Å². The van der Waals surface area contributed by atoms with Gasteiger partial charge in [0.05, 0.1) is 0 Å². The second-order valence-electron chi connectivity index (χ2n) is 4.60. The molecule has 14 heavy (non-hydrogen) atoms. The molecule has 0 amide bonds. The third-order valence-electron chi connectivity index (χ3n) is 2.91. The van der Waals surface area contributed by atoms with Crippen molar-refractivity contribution < 1.29 is 4.74 Å². The molecule has 0 saturated carbocycles. The van der Waals surface area contributed by atoms with Gasteiger partial charge in [-0.15, -0.1) is 0 Å². The van der Waals surface area contributed by atoms with Crippen LogP contribution in [0, 0.1) is 17.8 Å². The van der Waals surface area contributed by atoms with Crippen LogP contribution in [-0.2, 0) is 4.74 Å². The van der Waals surface area contributed by atoms with E-state index in [0.717, 1.165) is 13.2 Å². The Balaban J connectivity index is 4.03. The fraction of sp³-hybridized carbons (Fsp3) is 0.846. The highest BCUT2D eigenvalue weighted by Crippen LogP contribution is 2.22. The first-order chi connectivity index (χ1) is 6.49. The lowest BCUT2D eigenvalue weighted by Gasteiger charge is -2.24. The first-order valence-electron chi connectivity index (χ1n) is 5.71. The van der Waals surface area contributed by atoms with Gasteiger partial charge in [0.1, 0.15) is 0 Å². The van der Waals surface area contributed by atoms with Crippen LogP contribution >= 0.6 is 0 Å². The molecule has 84 valence electrons. The summed E-state index contributed by atoms with van der Waals surface area (Å²) in [7, 11) is 0.